The van der Waals surface area contributed by atoms with E-state index in [-0.39, 0.29) is 0 Å². The van der Waals surface area contributed by atoms with Crippen LogP contribution in [0.4, 0.5) is 0 Å². The van der Waals surface area contributed by atoms with Gasteiger partial charge in [-0.25, -0.2) is 0 Å². The third kappa shape index (κ3) is 0.788. The number of halogens is 3. The van der Waals surface area contributed by atoms with Crippen LogP contribution in [0.1, 0.15) is 0 Å². The van der Waals surface area contributed by atoms with Crippen molar-refractivity contribution in [3.63, 3.8) is 0 Å². The molecule has 0 aromatic rings. The number of hydrogen-bond donors (Lipinski definition) is 0. The van der Waals surface area contributed by atoms with Crippen LogP contribution < -0.4 is 0 Å². The van der Waals surface area contributed by atoms with Crippen molar-refractivity contribution in [1.82, 2.24) is 0 Å². The summed E-state index contributed by atoms with van der Waals surface area (Å²) in [5.41, 5.74) is 0. The Balaban J connectivity index is 2.53. The highest BCUT2D eigenvalue weighted by Crippen LogP contribution is 2.68. The second kappa shape index (κ2) is 1.23. The Morgan fingerprint density at radius 2 is 1.67 bits per heavy atom. The zero-order valence-corrected chi connectivity index (χ0v) is 5.69. The third-order valence-electron chi connectivity index (χ3n) is 0.391. The summed E-state index contributed by atoms with van der Waals surface area (Å²) in [6.07, 6.45) is 0. The van der Waals surface area contributed by atoms with Gasteiger partial charge in [0.2, 0.25) is 0 Å². The van der Waals surface area contributed by atoms with Crippen LogP contribution in [-0.4, -0.2) is 4.20 Å². The highest BCUT2D eigenvalue weighted by molar-refractivity contribution is 7.84. The first-order valence-corrected chi connectivity index (χ1v) is 4.15. The van der Waals surface area contributed by atoms with Crippen molar-refractivity contribution in [3.8, 4) is 0 Å². The predicted octanol–water partition coefficient (Wildman–Crippen LogP) is 2.91. The molecule has 1 atom stereocenters. The van der Waals surface area contributed by atoms with E-state index in [0.717, 1.165) is 0 Å². The molecule has 1 aliphatic rings. The third-order valence-corrected chi connectivity index (χ3v) is 4.07. The molecular weight excluding hydrogens is 163 g/mol. The molecule has 0 spiro atoms. The Bertz CT molecular complexity index is 107. The zero-order chi connectivity index (χ0) is 4.78. The van der Waals surface area contributed by atoms with Crippen LogP contribution in [0.15, 0.2) is 4.74 Å². The van der Waals surface area contributed by atoms with E-state index in [2.05, 4.69) is 4.74 Å². The van der Waals surface area contributed by atoms with Gasteiger partial charge in [0.25, 0.3) is 0 Å². The van der Waals surface area contributed by atoms with Crippen molar-refractivity contribution in [3.05, 3.63) is 0 Å². The molecule has 34 valence electrons. The zero-order valence-electron chi connectivity index (χ0n) is 2.53. The first-order valence-electron chi connectivity index (χ1n) is 1.19. The summed E-state index contributed by atoms with van der Waals surface area (Å²) >= 11 is 15.9. The van der Waals surface area contributed by atoms with Crippen molar-refractivity contribution >= 4 is 41.5 Å². The molecule has 0 fully saturated rings. The molecule has 1 aliphatic heterocycles. The molecule has 0 bridgehead atoms. The summed E-state index contributed by atoms with van der Waals surface area (Å²) in [5, 5.41) is 0. The minimum absolute atomic E-state index is 0.886. The first kappa shape index (κ1) is 5.11. The molecule has 0 aromatic heterocycles. The second-order valence-electron chi connectivity index (χ2n) is 0.870. The fourth-order valence-electron chi connectivity index (χ4n) is 0.0833. The van der Waals surface area contributed by atoms with Crippen molar-refractivity contribution in [2.24, 2.45) is 4.74 Å². The molecule has 5 heteroatoms. The van der Waals surface area contributed by atoms with E-state index in [9.17, 15) is 0 Å². The fraction of sp³-hybridized carbons (Fsp3) is 1.00. The normalized spacial score (nSPS) is 32.2. The van der Waals surface area contributed by atoms with Crippen LogP contribution in [-0.2, 0) is 0 Å². The Hall–Kier alpha value is 0.970. The Labute approximate surface area is 50.8 Å². The summed E-state index contributed by atoms with van der Waals surface area (Å²) in [7, 11) is -0.886. The van der Waals surface area contributed by atoms with Crippen LogP contribution in [0.2, 0.25) is 0 Å². The monoisotopic (exact) mass is 162 g/mol. The summed E-state index contributed by atoms with van der Waals surface area (Å²) < 4.78 is 2.66. The molecule has 1 heterocycles. The lowest BCUT2D eigenvalue weighted by Crippen LogP contribution is -1.75. The SMILES string of the molecule is Cl[P+]1=NC1(Cl)Cl. The van der Waals surface area contributed by atoms with Crippen molar-refractivity contribution in [2.75, 3.05) is 0 Å². The first-order chi connectivity index (χ1) is 2.63. The van der Waals surface area contributed by atoms with Crippen molar-refractivity contribution < 1.29 is 0 Å². The average Bonchev–Trinajstić information content (AvgIpc) is 1.73. The van der Waals surface area contributed by atoms with E-state index in [4.69, 9.17) is 34.4 Å². The maximum absolute atomic E-state index is 5.31. The molecule has 1 nitrogen and oxygen atoms in total. The minimum atomic E-state index is -0.892. The van der Waals surface area contributed by atoms with Gasteiger partial charge in [-0.1, -0.05) is 0 Å². The lowest BCUT2D eigenvalue weighted by atomic mass is 11.5. The van der Waals surface area contributed by atoms with Gasteiger partial charge in [0.15, 0.2) is 11.2 Å². The van der Waals surface area contributed by atoms with Gasteiger partial charge >= 0.3 is 11.3 Å². The molecule has 1 unspecified atom stereocenters. The molecule has 0 aliphatic carbocycles. The van der Waals surface area contributed by atoms with Gasteiger partial charge in [-0.3, -0.25) is 0 Å². The molecule has 0 saturated heterocycles. The van der Waals surface area contributed by atoms with Gasteiger partial charge in [0, 0.05) is 4.74 Å². The summed E-state index contributed by atoms with van der Waals surface area (Å²) in [4.78, 5) is 0. The average molecular weight is 163 g/mol. The summed E-state index contributed by atoms with van der Waals surface area (Å²) in [6, 6.07) is 0. The van der Waals surface area contributed by atoms with Crippen LogP contribution in [0.3, 0.4) is 0 Å². The Kier molecular flexibility index (Phi) is 1.04. The summed E-state index contributed by atoms with van der Waals surface area (Å²) in [6.45, 7) is 0. The lowest BCUT2D eigenvalue weighted by molar-refractivity contribution is 1.34. The predicted molar refractivity (Wildman–Crippen MR) is 29.6 cm³/mol. The quantitative estimate of drug-likeness (QED) is 0.296. The maximum Gasteiger partial charge on any atom is 0.443 e. The lowest BCUT2D eigenvalue weighted by Gasteiger charge is -1.65. The smallest absolute Gasteiger partial charge is 0.0164 e. The van der Waals surface area contributed by atoms with Crippen LogP contribution in [0, 0.1) is 0 Å². The van der Waals surface area contributed by atoms with Crippen LogP contribution in [0.5, 0.6) is 0 Å². The minimum Gasteiger partial charge on any atom is -0.0164 e. The topological polar surface area (TPSA) is 12.4 Å². The number of hydrogen-bond acceptors (Lipinski definition) is 1. The van der Waals surface area contributed by atoms with E-state index in [1.54, 1.807) is 0 Å². The molecule has 0 amide bonds. The molecule has 0 aromatic carbocycles. The van der Waals surface area contributed by atoms with Crippen LogP contribution in [0.25, 0.3) is 0 Å². The summed E-state index contributed by atoms with van der Waals surface area (Å²) in [5.74, 6) is 0. The fourth-order valence-corrected chi connectivity index (χ4v) is 1.57. The van der Waals surface area contributed by atoms with Gasteiger partial charge in [-0.2, -0.15) is 0 Å². The highest BCUT2D eigenvalue weighted by Gasteiger charge is 2.60. The van der Waals surface area contributed by atoms with E-state index in [1.165, 1.54) is 0 Å². The van der Waals surface area contributed by atoms with Gasteiger partial charge in [-0.05, 0) is 23.2 Å². The standard InChI is InChI=1S/CCl3NP/c2-1(3)5-6(1)4/q+1. The second-order valence-corrected chi connectivity index (χ2v) is 5.01. The van der Waals surface area contributed by atoms with Crippen molar-refractivity contribution in [1.29, 1.82) is 0 Å². The van der Waals surface area contributed by atoms with Gasteiger partial charge in [0.05, 0.1) is 0 Å². The van der Waals surface area contributed by atoms with Gasteiger partial charge < -0.3 is 0 Å². The van der Waals surface area contributed by atoms with Crippen LogP contribution >= 0.6 is 41.5 Å². The van der Waals surface area contributed by atoms with Gasteiger partial charge in [-0.15, -0.1) is 0 Å². The largest absolute Gasteiger partial charge is 0.443 e. The van der Waals surface area contributed by atoms with Crippen molar-refractivity contribution in [2.45, 2.75) is 4.20 Å². The number of rotatable bonds is 0. The van der Waals surface area contributed by atoms with E-state index in [1.807, 2.05) is 0 Å². The van der Waals surface area contributed by atoms with E-state index >= 15 is 0 Å². The number of alkyl halides is 2. The Morgan fingerprint density at radius 1 is 1.50 bits per heavy atom. The molecule has 0 saturated carbocycles. The van der Waals surface area contributed by atoms with E-state index in [0.29, 0.717) is 0 Å². The molecular formula is CCl3NP+. The highest BCUT2D eigenvalue weighted by atomic mass is 35.7. The van der Waals surface area contributed by atoms with E-state index < -0.39 is 11.3 Å². The maximum atomic E-state index is 5.31. The molecule has 0 radical (unpaired) electrons. The molecule has 0 N–H and O–H groups in total. The number of nitrogens with zero attached hydrogens (tertiary/aromatic N) is 1. The van der Waals surface area contributed by atoms with Gasteiger partial charge in [0.1, 0.15) is 0 Å². The molecule has 1 rings (SSSR count). The molecule has 6 heavy (non-hydrogen) atoms. The Morgan fingerprint density at radius 3 is 1.67 bits per heavy atom.